The van der Waals surface area contributed by atoms with Crippen molar-refractivity contribution in [2.45, 2.75) is 64.7 Å². The Morgan fingerprint density at radius 1 is 1.18 bits per heavy atom. The van der Waals surface area contributed by atoms with E-state index < -0.39 is 11.3 Å². The summed E-state index contributed by atoms with van der Waals surface area (Å²) in [6.45, 7) is 9.95. The number of nitrogens with two attached hydrogens (primary N) is 1. The van der Waals surface area contributed by atoms with Crippen molar-refractivity contribution in [1.29, 1.82) is 0 Å². The van der Waals surface area contributed by atoms with Crippen LogP contribution in [0.1, 0.15) is 57.1 Å². The van der Waals surface area contributed by atoms with Gasteiger partial charge >= 0.3 is 0 Å². The number of anilines is 1. The number of hydrogen-bond donors (Lipinski definition) is 3. The molecule has 0 radical (unpaired) electrons. The van der Waals surface area contributed by atoms with Gasteiger partial charge in [-0.2, -0.15) is 0 Å². The molecule has 1 fully saturated rings. The minimum absolute atomic E-state index is 0.0507. The summed E-state index contributed by atoms with van der Waals surface area (Å²) >= 11 is 0. The Labute approximate surface area is 261 Å². The van der Waals surface area contributed by atoms with Crippen molar-refractivity contribution >= 4 is 17.5 Å². The molecule has 44 heavy (non-hydrogen) atoms. The molecule has 0 saturated carbocycles. The van der Waals surface area contributed by atoms with Gasteiger partial charge in [0, 0.05) is 51.2 Å². The van der Waals surface area contributed by atoms with Gasteiger partial charge in [-0.05, 0) is 68.5 Å². The number of carbonyl (C=O) groups is 2. The van der Waals surface area contributed by atoms with Gasteiger partial charge in [0.1, 0.15) is 18.1 Å². The van der Waals surface area contributed by atoms with Crippen molar-refractivity contribution in [3.05, 3.63) is 53.6 Å². The summed E-state index contributed by atoms with van der Waals surface area (Å²) in [6, 6.07) is 14.6. The third-order valence-corrected chi connectivity index (χ3v) is 8.82. The number of nitrogens with zero attached hydrogens (tertiary/aromatic N) is 1. The van der Waals surface area contributed by atoms with E-state index >= 15 is 0 Å². The molecular formula is C34H50N4O6. The highest BCUT2D eigenvalue weighted by Gasteiger charge is 2.34. The van der Waals surface area contributed by atoms with E-state index in [9.17, 15) is 9.59 Å². The molecule has 0 aromatic heterocycles. The van der Waals surface area contributed by atoms with Crippen molar-refractivity contribution in [3.63, 3.8) is 0 Å². The van der Waals surface area contributed by atoms with Crippen LogP contribution in [0.4, 0.5) is 5.69 Å². The van der Waals surface area contributed by atoms with Gasteiger partial charge in [0.2, 0.25) is 11.8 Å². The van der Waals surface area contributed by atoms with E-state index in [1.807, 2.05) is 25.1 Å². The maximum atomic E-state index is 12.9. The summed E-state index contributed by atoms with van der Waals surface area (Å²) in [4.78, 5) is 26.9. The normalized spacial score (nSPS) is 20.8. The molecule has 2 aromatic carbocycles. The maximum Gasteiger partial charge on any atom is 0.224 e. The van der Waals surface area contributed by atoms with Crippen LogP contribution in [0.2, 0.25) is 0 Å². The molecule has 2 amide bonds. The Bertz CT molecular complexity index is 1240. The standard InChI is InChI=1S/C34H50N4O6/c1-23(32(39)37-22-34(2,3)33(35)40)17-26-19-28(25-8-10-27(42-5)11-9-25)31(20-36-26)44-21-24-7-12-30-29(18-24)38(14-16-43-30)13-6-15-41-4/h7-12,18,23,26,28,31,36H,6,13-17,19-22H2,1-5H3,(H2,35,40)(H,37,39)/t23?,26-,28+,31-/m0/s1. The quantitative estimate of drug-likeness (QED) is 0.261. The summed E-state index contributed by atoms with van der Waals surface area (Å²) in [6.07, 6.45) is 2.41. The van der Waals surface area contributed by atoms with E-state index in [4.69, 9.17) is 24.7 Å². The average molecular weight is 611 g/mol. The molecule has 1 unspecified atom stereocenters. The molecule has 0 bridgehead atoms. The van der Waals surface area contributed by atoms with Crippen LogP contribution >= 0.6 is 0 Å². The Morgan fingerprint density at radius 2 is 1.95 bits per heavy atom. The summed E-state index contributed by atoms with van der Waals surface area (Å²) in [5, 5.41) is 6.56. The lowest BCUT2D eigenvalue weighted by Gasteiger charge is -2.38. The van der Waals surface area contributed by atoms with Crippen LogP contribution in [0.3, 0.4) is 0 Å². The van der Waals surface area contributed by atoms with Crippen LogP contribution in [0, 0.1) is 11.3 Å². The monoisotopic (exact) mass is 610 g/mol. The van der Waals surface area contributed by atoms with Gasteiger partial charge < -0.3 is 40.2 Å². The number of amides is 2. The number of nitrogens with one attached hydrogen (secondary N) is 2. The molecule has 10 heteroatoms. The predicted octanol–water partition coefficient (Wildman–Crippen LogP) is 3.62. The summed E-state index contributed by atoms with van der Waals surface area (Å²) in [5.41, 5.74) is 8.07. The molecule has 242 valence electrons. The fraction of sp³-hybridized carbons (Fsp3) is 0.588. The second-order valence-corrected chi connectivity index (χ2v) is 12.7. The SMILES string of the molecule is COCCCN1CCOc2ccc(CO[C@H]3CN[C@@H](CC(C)C(=O)NCC(C)(C)C(N)=O)C[C@@H]3c3ccc(OC)cc3)cc21. The number of rotatable bonds is 15. The number of carbonyl (C=O) groups excluding carboxylic acids is 2. The van der Waals surface area contributed by atoms with Crippen LogP contribution in [0.15, 0.2) is 42.5 Å². The van der Waals surface area contributed by atoms with Gasteiger partial charge in [0.15, 0.2) is 0 Å². The highest BCUT2D eigenvalue weighted by atomic mass is 16.5. The Kier molecular flexibility index (Phi) is 11.9. The number of benzene rings is 2. The number of methoxy groups -OCH3 is 2. The summed E-state index contributed by atoms with van der Waals surface area (Å²) in [7, 11) is 3.40. The highest BCUT2D eigenvalue weighted by Crippen LogP contribution is 2.35. The second kappa shape index (κ2) is 15.6. The fourth-order valence-electron chi connectivity index (χ4n) is 5.87. The van der Waals surface area contributed by atoms with Gasteiger partial charge in [0.05, 0.1) is 37.5 Å². The lowest BCUT2D eigenvalue weighted by atomic mass is 9.81. The molecule has 4 rings (SSSR count). The first kappa shape index (κ1) is 33.6. The topological polar surface area (TPSA) is 124 Å². The molecule has 2 aromatic rings. The first-order chi connectivity index (χ1) is 21.1. The van der Waals surface area contributed by atoms with E-state index in [-0.39, 0.29) is 36.4 Å². The average Bonchev–Trinajstić information content (AvgIpc) is 3.03. The van der Waals surface area contributed by atoms with Crippen molar-refractivity contribution in [2.24, 2.45) is 17.1 Å². The van der Waals surface area contributed by atoms with Gasteiger partial charge in [-0.1, -0.05) is 25.1 Å². The number of hydrogen-bond acceptors (Lipinski definition) is 8. The molecule has 4 N–H and O–H groups in total. The van der Waals surface area contributed by atoms with Crippen LogP contribution in [-0.4, -0.2) is 77.6 Å². The smallest absolute Gasteiger partial charge is 0.224 e. The number of primary amides is 1. The minimum Gasteiger partial charge on any atom is -0.497 e. The third-order valence-electron chi connectivity index (χ3n) is 8.82. The van der Waals surface area contributed by atoms with Gasteiger partial charge in [-0.3, -0.25) is 9.59 Å². The Balaban J connectivity index is 1.41. The molecule has 2 aliphatic heterocycles. The molecular weight excluding hydrogens is 560 g/mol. The first-order valence-electron chi connectivity index (χ1n) is 15.7. The van der Waals surface area contributed by atoms with E-state index in [0.29, 0.717) is 26.2 Å². The van der Waals surface area contributed by atoms with E-state index in [1.165, 1.54) is 5.56 Å². The van der Waals surface area contributed by atoms with E-state index in [1.54, 1.807) is 28.1 Å². The third kappa shape index (κ3) is 8.86. The molecule has 1 saturated heterocycles. The number of piperidine rings is 1. The number of fused-ring (bicyclic) bond motifs is 1. The molecule has 0 spiro atoms. The summed E-state index contributed by atoms with van der Waals surface area (Å²) < 4.78 is 23.2. The van der Waals surface area contributed by atoms with Crippen molar-refractivity contribution in [2.75, 3.05) is 58.5 Å². The van der Waals surface area contributed by atoms with Crippen LogP contribution in [0.5, 0.6) is 11.5 Å². The van der Waals surface area contributed by atoms with Gasteiger partial charge in [-0.25, -0.2) is 0 Å². The molecule has 2 aliphatic rings. The maximum absolute atomic E-state index is 12.9. The minimum atomic E-state index is -0.796. The second-order valence-electron chi connectivity index (χ2n) is 12.7. The molecule has 4 atom stereocenters. The lowest BCUT2D eigenvalue weighted by molar-refractivity contribution is -0.128. The highest BCUT2D eigenvalue weighted by molar-refractivity contribution is 5.82. The van der Waals surface area contributed by atoms with Crippen molar-refractivity contribution in [3.8, 4) is 11.5 Å². The van der Waals surface area contributed by atoms with Crippen molar-refractivity contribution in [1.82, 2.24) is 10.6 Å². The van der Waals surface area contributed by atoms with E-state index in [0.717, 1.165) is 55.3 Å². The van der Waals surface area contributed by atoms with Crippen LogP contribution in [-0.2, 0) is 25.7 Å². The van der Waals surface area contributed by atoms with Gasteiger partial charge in [-0.15, -0.1) is 0 Å². The van der Waals surface area contributed by atoms with E-state index in [2.05, 4.69) is 39.8 Å². The Morgan fingerprint density at radius 3 is 2.66 bits per heavy atom. The van der Waals surface area contributed by atoms with Crippen LogP contribution in [0.25, 0.3) is 0 Å². The fourth-order valence-corrected chi connectivity index (χ4v) is 5.87. The number of ether oxygens (including phenoxy) is 4. The zero-order valence-corrected chi connectivity index (χ0v) is 26.9. The van der Waals surface area contributed by atoms with Crippen molar-refractivity contribution < 1.29 is 28.5 Å². The molecule has 2 heterocycles. The summed E-state index contributed by atoms with van der Waals surface area (Å²) in [5.74, 6) is 1.13. The first-order valence-corrected chi connectivity index (χ1v) is 15.7. The largest absolute Gasteiger partial charge is 0.497 e. The van der Waals surface area contributed by atoms with Crippen LogP contribution < -0.4 is 30.7 Å². The zero-order chi connectivity index (χ0) is 31.7. The predicted molar refractivity (Wildman–Crippen MR) is 171 cm³/mol. The Hall–Kier alpha value is -3.34. The zero-order valence-electron chi connectivity index (χ0n) is 26.9. The molecule has 10 nitrogen and oxygen atoms in total. The molecule has 0 aliphatic carbocycles. The lowest BCUT2D eigenvalue weighted by Crippen LogP contribution is -2.49. The van der Waals surface area contributed by atoms with Gasteiger partial charge in [0.25, 0.3) is 0 Å².